The van der Waals surface area contributed by atoms with Crippen LogP contribution in [0.15, 0.2) is 36.0 Å². The fourth-order valence-corrected chi connectivity index (χ4v) is 2.19. The zero-order valence-electron chi connectivity index (χ0n) is 11.2. The summed E-state index contributed by atoms with van der Waals surface area (Å²) in [6.45, 7) is 0. The standard InChI is InChI=1S/C15H20N2O2/c1-19-14-9-5-8-13(10-14)17-15(18)16-11-12-6-3-2-4-7-12/h5,8-11H,2-4,6-7H2,1H3,(H2,16,17,18). The molecular formula is C15H20N2O2. The molecule has 2 amide bonds. The fourth-order valence-electron chi connectivity index (χ4n) is 2.19. The van der Waals surface area contributed by atoms with Crippen molar-refractivity contribution in [2.45, 2.75) is 32.1 Å². The predicted octanol–water partition coefficient (Wildman–Crippen LogP) is 3.66. The van der Waals surface area contributed by atoms with Crippen molar-refractivity contribution in [2.75, 3.05) is 12.4 Å². The molecule has 1 saturated carbocycles. The molecule has 1 aromatic rings. The molecule has 102 valence electrons. The van der Waals surface area contributed by atoms with Crippen LogP contribution in [0, 0.1) is 0 Å². The molecule has 0 heterocycles. The van der Waals surface area contributed by atoms with Gasteiger partial charge in [0.2, 0.25) is 0 Å². The van der Waals surface area contributed by atoms with Gasteiger partial charge in [-0.1, -0.05) is 18.1 Å². The summed E-state index contributed by atoms with van der Waals surface area (Å²) in [7, 11) is 1.60. The van der Waals surface area contributed by atoms with Crippen LogP contribution >= 0.6 is 0 Å². The maximum atomic E-state index is 11.7. The number of carbonyl (C=O) groups excluding carboxylic acids is 1. The zero-order chi connectivity index (χ0) is 13.5. The lowest BCUT2D eigenvalue weighted by molar-refractivity contribution is 0.255. The van der Waals surface area contributed by atoms with Gasteiger partial charge in [-0.15, -0.1) is 0 Å². The molecule has 4 nitrogen and oxygen atoms in total. The van der Waals surface area contributed by atoms with E-state index in [1.165, 1.54) is 24.8 Å². The van der Waals surface area contributed by atoms with Crippen LogP contribution in [-0.2, 0) is 0 Å². The first-order valence-corrected chi connectivity index (χ1v) is 6.67. The normalized spacial score (nSPS) is 14.7. The van der Waals surface area contributed by atoms with E-state index in [2.05, 4.69) is 10.6 Å². The number of allylic oxidation sites excluding steroid dienone is 1. The quantitative estimate of drug-likeness (QED) is 0.871. The van der Waals surface area contributed by atoms with E-state index < -0.39 is 0 Å². The van der Waals surface area contributed by atoms with E-state index in [0.717, 1.165) is 24.3 Å². The highest BCUT2D eigenvalue weighted by molar-refractivity contribution is 5.90. The van der Waals surface area contributed by atoms with E-state index in [1.807, 2.05) is 24.4 Å². The molecule has 1 aromatic carbocycles. The first-order chi connectivity index (χ1) is 9.28. The van der Waals surface area contributed by atoms with Crippen molar-refractivity contribution in [2.24, 2.45) is 0 Å². The molecule has 1 fully saturated rings. The summed E-state index contributed by atoms with van der Waals surface area (Å²) in [5.41, 5.74) is 2.05. The number of benzene rings is 1. The highest BCUT2D eigenvalue weighted by atomic mass is 16.5. The maximum absolute atomic E-state index is 11.7. The van der Waals surface area contributed by atoms with Gasteiger partial charge in [0.1, 0.15) is 5.75 Å². The number of hydrogen-bond acceptors (Lipinski definition) is 2. The second-order valence-electron chi connectivity index (χ2n) is 4.69. The summed E-state index contributed by atoms with van der Waals surface area (Å²) in [5.74, 6) is 0.725. The van der Waals surface area contributed by atoms with Gasteiger partial charge >= 0.3 is 6.03 Å². The summed E-state index contributed by atoms with van der Waals surface area (Å²) < 4.78 is 5.11. The number of amides is 2. The van der Waals surface area contributed by atoms with Gasteiger partial charge in [-0.2, -0.15) is 0 Å². The first-order valence-electron chi connectivity index (χ1n) is 6.67. The van der Waals surface area contributed by atoms with Crippen molar-refractivity contribution in [3.05, 3.63) is 36.0 Å². The van der Waals surface area contributed by atoms with E-state index in [9.17, 15) is 4.79 Å². The van der Waals surface area contributed by atoms with E-state index in [4.69, 9.17) is 4.74 Å². The largest absolute Gasteiger partial charge is 0.497 e. The Bertz CT molecular complexity index is 461. The Kier molecular flexibility index (Phi) is 4.84. The number of urea groups is 1. The third-order valence-electron chi connectivity index (χ3n) is 3.23. The van der Waals surface area contributed by atoms with Gasteiger partial charge in [-0.3, -0.25) is 0 Å². The van der Waals surface area contributed by atoms with E-state index in [1.54, 1.807) is 13.2 Å². The van der Waals surface area contributed by atoms with Crippen LogP contribution in [0.3, 0.4) is 0 Å². The molecule has 1 aliphatic carbocycles. The Labute approximate surface area is 113 Å². The van der Waals surface area contributed by atoms with Crippen molar-refractivity contribution in [1.29, 1.82) is 0 Å². The molecule has 0 bridgehead atoms. The molecule has 0 atom stereocenters. The molecule has 4 heteroatoms. The van der Waals surface area contributed by atoms with Crippen molar-refractivity contribution in [1.82, 2.24) is 5.32 Å². The van der Waals surface area contributed by atoms with Gasteiger partial charge in [-0.05, 0) is 37.8 Å². The van der Waals surface area contributed by atoms with Gasteiger partial charge in [-0.25, -0.2) is 4.79 Å². The number of carbonyl (C=O) groups is 1. The highest BCUT2D eigenvalue weighted by Gasteiger charge is 2.06. The van der Waals surface area contributed by atoms with Crippen LogP contribution in [-0.4, -0.2) is 13.1 Å². The lowest BCUT2D eigenvalue weighted by Crippen LogP contribution is -2.24. The average molecular weight is 260 g/mol. The summed E-state index contributed by atoms with van der Waals surface area (Å²) in [6, 6.07) is 7.08. The molecular weight excluding hydrogens is 240 g/mol. The number of anilines is 1. The maximum Gasteiger partial charge on any atom is 0.323 e. The Hall–Kier alpha value is -1.97. The fraction of sp³-hybridized carbons (Fsp3) is 0.400. The van der Waals surface area contributed by atoms with Gasteiger partial charge in [0.05, 0.1) is 7.11 Å². The molecule has 0 aromatic heterocycles. The minimum atomic E-state index is -0.216. The number of hydrogen-bond donors (Lipinski definition) is 2. The number of methoxy groups -OCH3 is 1. The van der Waals surface area contributed by atoms with E-state index >= 15 is 0 Å². The molecule has 1 aliphatic rings. The van der Waals surface area contributed by atoms with Crippen molar-refractivity contribution < 1.29 is 9.53 Å². The van der Waals surface area contributed by atoms with Gasteiger partial charge in [0.25, 0.3) is 0 Å². The molecule has 0 radical (unpaired) electrons. The monoisotopic (exact) mass is 260 g/mol. The molecule has 19 heavy (non-hydrogen) atoms. The van der Waals surface area contributed by atoms with Crippen LogP contribution in [0.5, 0.6) is 5.75 Å². The highest BCUT2D eigenvalue weighted by Crippen LogP contribution is 2.22. The SMILES string of the molecule is COc1cccc(NC(=O)NC=C2CCCCC2)c1. The second kappa shape index (κ2) is 6.83. The van der Waals surface area contributed by atoms with Crippen LogP contribution in [0.4, 0.5) is 10.5 Å². The molecule has 0 saturated heterocycles. The molecule has 2 rings (SSSR count). The molecule has 0 unspecified atom stereocenters. The topological polar surface area (TPSA) is 50.4 Å². The zero-order valence-corrected chi connectivity index (χ0v) is 11.2. The Morgan fingerprint density at radius 2 is 2.05 bits per heavy atom. The molecule has 0 aliphatic heterocycles. The van der Waals surface area contributed by atoms with Gasteiger partial charge < -0.3 is 15.4 Å². The third kappa shape index (κ3) is 4.32. The van der Waals surface area contributed by atoms with Crippen LogP contribution in [0.2, 0.25) is 0 Å². The average Bonchev–Trinajstić information content (AvgIpc) is 2.46. The minimum absolute atomic E-state index is 0.216. The predicted molar refractivity (Wildman–Crippen MR) is 76.3 cm³/mol. The Morgan fingerprint density at radius 1 is 1.26 bits per heavy atom. The van der Waals surface area contributed by atoms with Crippen molar-refractivity contribution >= 4 is 11.7 Å². The summed E-state index contributed by atoms with van der Waals surface area (Å²) in [4.78, 5) is 11.7. The van der Waals surface area contributed by atoms with Gasteiger partial charge in [0, 0.05) is 18.0 Å². The molecule has 2 N–H and O–H groups in total. The van der Waals surface area contributed by atoms with Crippen LogP contribution in [0.25, 0.3) is 0 Å². The molecule has 0 spiro atoms. The summed E-state index contributed by atoms with van der Waals surface area (Å²) in [5, 5.41) is 5.57. The number of rotatable bonds is 3. The Morgan fingerprint density at radius 3 is 2.79 bits per heavy atom. The van der Waals surface area contributed by atoms with E-state index in [-0.39, 0.29) is 6.03 Å². The smallest absolute Gasteiger partial charge is 0.323 e. The lowest BCUT2D eigenvalue weighted by Gasteiger charge is -2.13. The van der Waals surface area contributed by atoms with Crippen molar-refractivity contribution in [3.8, 4) is 5.75 Å². The second-order valence-corrected chi connectivity index (χ2v) is 4.69. The summed E-state index contributed by atoms with van der Waals surface area (Å²) in [6.07, 6.45) is 7.79. The Balaban J connectivity index is 1.86. The number of nitrogens with one attached hydrogen (secondary N) is 2. The first kappa shape index (κ1) is 13.5. The lowest BCUT2D eigenvalue weighted by atomic mass is 9.96. The van der Waals surface area contributed by atoms with Crippen LogP contribution in [0.1, 0.15) is 32.1 Å². The van der Waals surface area contributed by atoms with Crippen molar-refractivity contribution in [3.63, 3.8) is 0 Å². The summed E-state index contributed by atoms with van der Waals surface area (Å²) >= 11 is 0. The van der Waals surface area contributed by atoms with Crippen LogP contribution < -0.4 is 15.4 Å². The van der Waals surface area contributed by atoms with E-state index in [0.29, 0.717) is 0 Å². The minimum Gasteiger partial charge on any atom is -0.497 e. The van der Waals surface area contributed by atoms with Gasteiger partial charge in [0.15, 0.2) is 0 Å². The third-order valence-corrected chi connectivity index (χ3v) is 3.23. The number of ether oxygens (including phenoxy) is 1.